The van der Waals surface area contributed by atoms with Crippen LogP contribution in [-0.2, 0) is 9.59 Å². The van der Waals surface area contributed by atoms with Gasteiger partial charge in [-0.1, -0.05) is 13.8 Å². The highest BCUT2D eigenvalue weighted by Gasteiger charge is 2.26. The van der Waals surface area contributed by atoms with E-state index in [9.17, 15) is 9.59 Å². The molecule has 0 bridgehead atoms. The topological polar surface area (TPSA) is 89.4 Å². The highest BCUT2D eigenvalue weighted by atomic mass is 35.5. The molecule has 2 amide bonds. The van der Waals surface area contributed by atoms with E-state index >= 15 is 0 Å². The lowest BCUT2D eigenvalue weighted by atomic mass is 10.0. The number of carbonyl (C=O) groups excluding carboxylic acids is 2. The summed E-state index contributed by atoms with van der Waals surface area (Å²) < 4.78 is 0. The van der Waals surface area contributed by atoms with E-state index < -0.39 is 11.9 Å². The first-order valence-corrected chi connectivity index (χ1v) is 5.11. The minimum Gasteiger partial charge on any atom is -0.368 e. The lowest BCUT2D eigenvalue weighted by Crippen LogP contribution is -2.51. The Morgan fingerprint density at radius 2 is 1.62 bits per heavy atom. The maximum Gasteiger partial charge on any atom is 0.240 e. The molecule has 0 aliphatic rings. The van der Waals surface area contributed by atoms with Gasteiger partial charge < -0.3 is 16.4 Å². The van der Waals surface area contributed by atoms with Crippen molar-refractivity contribution in [3.63, 3.8) is 0 Å². The molecule has 0 aromatic carbocycles. The van der Waals surface area contributed by atoms with Gasteiger partial charge in [-0.25, -0.2) is 0 Å². The third kappa shape index (κ3) is 5.32. The molecule has 0 unspecified atom stereocenters. The molecule has 1 atom stereocenters. The minimum atomic E-state index is -0.577. The van der Waals surface area contributed by atoms with Crippen LogP contribution in [0.3, 0.4) is 0 Å². The van der Waals surface area contributed by atoms with Crippen LogP contribution in [0, 0.1) is 5.92 Å². The zero-order valence-corrected chi connectivity index (χ0v) is 11.1. The first-order valence-electron chi connectivity index (χ1n) is 5.11. The second-order valence-electron chi connectivity index (χ2n) is 4.30. The van der Waals surface area contributed by atoms with Crippen molar-refractivity contribution in [1.82, 2.24) is 4.90 Å². The Hall–Kier alpha value is -0.810. The largest absolute Gasteiger partial charge is 0.368 e. The summed E-state index contributed by atoms with van der Waals surface area (Å²) in [6, 6.07) is -0.651. The Balaban J connectivity index is 0. The fourth-order valence-corrected chi connectivity index (χ4v) is 1.16. The standard InChI is InChI=1S/C10H21N3O2.ClH/c1-6(2)9(12)10(15)13(7(3)4)5-8(11)14;/h6-7,9H,5,12H2,1-4H3,(H2,11,14);1H/t9-;/m0./s1. The molecule has 4 N–H and O–H groups in total. The number of nitrogens with zero attached hydrogens (tertiary/aromatic N) is 1. The van der Waals surface area contributed by atoms with Gasteiger partial charge in [0.15, 0.2) is 0 Å². The van der Waals surface area contributed by atoms with Gasteiger partial charge >= 0.3 is 0 Å². The summed E-state index contributed by atoms with van der Waals surface area (Å²) in [6.45, 7) is 7.31. The average Bonchev–Trinajstić information content (AvgIpc) is 2.10. The highest BCUT2D eigenvalue weighted by molar-refractivity contribution is 5.87. The summed E-state index contributed by atoms with van der Waals surface area (Å²) in [7, 11) is 0. The van der Waals surface area contributed by atoms with Crippen molar-refractivity contribution in [3.05, 3.63) is 0 Å². The van der Waals surface area contributed by atoms with E-state index in [1.54, 1.807) is 0 Å². The van der Waals surface area contributed by atoms with Crippen LogP contribution >= 0.6 is 12.4 Å². The van der Waals surface area contributed by atoms with E-state index in [2.05, 4.69) is 0 Å². The molecule has 0 aromatic heterocycles. The molecule has 16 heavy (non-hydrogen) atoms. The predicted octanol–water partition coefficient (Wildman–Crippen LogP) is 0.114. The van der Waals surface area contributed by atoms with Crippen LogP contribution in [0.5, 0.6) is 0 Å². The number of hydrogen-bond donors (Lipinski definition) is 2. The Labute approximate surface area is 103 Å². The molecule has 0 aliphatic heterocycles. The molecular formula is C10H22ClN3O2. The maximum absolute atomic E-state index is 11.9. The Bertz CT molecular complexity index is 244. The minimum absolute atomic E-state index is 0. The van der Waals surface area contributed by atoms with Gasteiger partial charge in [0, 0.05) is 6.04 Å². The van der Waals surface area contributed by atoms with Crippen LogP contribution in [0.25, 0.3) is 0 Å². The molecule has 0 radical (unpaired) electrons. The van der Waals surface area contributed by atoms with Crippen molar-refractivity contribution in [1.29, 1.82) is 0 Å². The molecule has 0 spiro atoms. The van der Waals surface area contributed by atoms with Gasteiger partial charge in [-0.2, -0.15) is 0 Å². The molecule has 0 rings (SSSR count). The van der Waals surface area contributed by atoms with Gasteiger partial charge in [-0.15, -0.1) is 12.4 Å². The van der Waals surface area contributed by atoms with Crippen molar-refractivity contribution in [3.8, 4) is 0 Å². The van der Waals surface area contributed by atoms with E-state index in [-0.39, 0.29) is 36.8 Å². The van der Waals surface area contributed by atoms with Crippen molar-refractivity contribution in [2.75, 3.05) is 6.54 Å². The number of amides is 2. The Morgan fingerprint density at radius 3 is 1.88 bits per heavy atom. The fourth-order valence-electron chi connectivity index (χ4n) is 1.16. The number of nitrogens with two attached hydrogens (primary N) is 2. The number of rotatable bonds is 5. The van der Waals surface area contributed by atoms with E-state index in [1.807, 2.05) is 27.7 Å². The summed E-state index contributed by atoms with van der Waals surface area (Å²) >= 11 is 0. The van der Waals surface area contributed by atoms with E-state index in [1.165, 1.54) is 4.90 Å². The van der Waals surface area contributed by atoms with Crippen molar-refractivity contribution < 1.29 is 9.59 Å². The summed E-state index contributed by atoms with van der Waals surface area (Å²) in [5.74, 6) is -0.696. The normalized spacial score (nSPS) is 12.2. The lowest BCUT2D eigenvalue weighted by Gasteiger charge is -2.29. The van der Waals surface area contributed by atoms with Crippen molar-refractivity contribution >= 4 is 24.2 Å². The van der Waals surface area contributed by atoms with Crippen LogP contribution in [0.2, 0.25) is 0 Å². The number of carbonyl (C=O) groups is 2. The van der Waals surface area contributed by atoms with Gasteiger partial charge in [0.25, 0.3) is 0 Å². The van der Waals surface area contributed by atoms with Gasteiger partial charge in [-0.3, -0.25) is 9.59 Å². The molecule has 0 saturated carbocycles. The molecular weight excluding hydrogens is 230 g/mol. The summed E-state index contributed by atoms with van der Waals surface area (Å²) in [5, 5.41) is 0. The summed E-state index contributed by atoms with van der Waals surface area (Å²) in [5.41, 5.74) is 10.8. The van der Waals surface area contributed by atoms with Crippen molar-refractivity contribution in [2.45, 2.75) is 39.8 Å². The number of hydrogen-bond acceptors (Lipinski definition) is 3. The smallest absolute Gasteiger partial charge is 0.240 e. The second kappa shape index (κ2) is 7.46. The van der Waals surface area contributed by atoms with Gasteiger partial charge in [-0.05, 0) is 19.8 Å². The lowest BCUT2D eigenvalue weighted by molar-refractivity contribution is -0.138. The Morgan fingerprint density at radius 1 is 1.19 bits per heavy atom. The van der Waals surface area contributed by atoms with Crippen LogP contribution in [0.4, 0.5) is 0 Å². The molecule has 96 valence electrons. The van der Waals surface area contributed by atoms with E-state index in [0.29, 0.717) is 0 Å². The monoisotopic (exact) mass is 251 g/mol. The quantitative estimate of drug-likeness (QED) is 0.727. The van der Waals surface area contributed by atoms with E-state index in [0.717, 1.165) is 0 Å². The molecule has 6 heteroatoms. The summed E-state index contributed by atoms with van der Waals surface area (Å²) in [6.07, 6.45) is 0. The second-order valence-corrected chi connectivity index (χ2v) is 4.30. The molecule has 5 nitrogen and oxygen atoms in total. The molecule has 0 aliphatic carbocycles. The average molecular weight is 252 g/mol. The van der Waals surface area contributed by atoms with Gasteiger partial charge in [0.1, 0.15) is 0 Å². The molecule has 0 heterocycles. The van der Waals surface area contributed by atoms with Crippen molar-refractivity contribution in [2.24, 2.45) is 17.4 Å². The SMILES string of the molecule is CC(C)[C@H](N)C(=O)N(CC(N)=O)C(C)C.Cl. The van der Waals surface area contributed by atoms with Crippen LogP contribution in [0.1, 0.15) is 27.7 Å². The zero-order chi connectivity index (χ0) is 12.2. The highest BCUT2D eigenvalue weighted by Crippen LogP contribution is 2.06. The van der Waals surface area contributed by atoms with Gasteiger partial charge in [0.2, 0.25) is 11.8 Å². The van der Waals surface area contributed by atoms with Crippen LogP contribution in [-0.4, -0.2) is 35.3 Å². The third-order valence-corrected chi connectivity index (χ3v) is 2.24. The molecule has 0 fully saturated rings. The van der Waals surface area contributed by atoms with Crippen LogP contribution < -0.4 is 11.5 Å². The number of halogens is 1. The van der Waals surface area contributed by atoms with Gasteiger partial charge in [0.05, 0.1) is 12.6 Å². The molecule has 0 aromatic rings. The Kier molecular flexibility index (Phi) is 8.20. The fraction of sp³-hybridized carbons (Fsp3) is 0.800. The van der Waals surface area contributed by atoms with Crippen LogP contribution in [0.15, 0.2) is 0 Å². The number of primary amides is 1. The first-order chi connectivity index (χ1) is 6.77. The van der Waals surface area contributed by atoms with E-state index in [4.69, 9.17) is 11.5 Å². The summed E-state index contributed by atoms with van der Waals surface area (Å²) in [4.78, 5) is 24.1. The maximum atomic E-state index is 11.9. The predicted molar refractivity (Wildman–Crippen MR) is 66.1 cm³/mol. The molecule has 0 saturated heterocycles. The third-order valence-electron chi connectivity index (χ3n) is 2.24. The first kappa shape index (κ1) is 17.6. The zero-order valence-electron chi connectivity index (χ0n) is 10.3.